The number of hydrogen-bond acceptors (Lipinski definition) is 5. The van der Waals surface area contributed by atoms with Crippen molar-refractivity contribution in [2.45, 2.75) is 26.0 Å². The monoisotopic (exact) mass is 345 g/mol. The third-order valence-corrected chi connectivity index (χ3v) is 3.49. The first-order valence-electron chi connectivity index (χ1n) is 7.52. The third kappa shape index (κ3) is 4.81. The first-order chi connectivity index (χ1) is 11.2. The molecule has 1 heterocycles. The summed E-state index contributed by atoms with van der Waals surface area (Å²) in [7, 11) is 0. The van der Waals surface area contributed by atoms with Crippen LogP contribution in [0.5, 0.6) is 5.75 Å². The van der Waals surface area contributed by atoms with Crippen LogP contribution < -0.4 is 10.5 Å². The predicted octanol–water partition coefficient (Wildman–Crippen LogP) is 3.62. The molecule has 2 N–H and O–H groups in total. The van der Waals surface area contributed by atoms with Crippen LogP contribution in [0.1, 0.15) is 28.9 Å². The Morgan fingerprint density at radius 2 is 1.75 bits per heavy atom. The van der Waals surface area contributed by atoms with Gasteiger partial charge in [0.05, 0.1) is 6.04 Å². The van der Waals surface area contributed by atoms with Crippen molar-refractivity contribution < 1.29 is 9.26 Å². The summed E-state index contributed by atoms with van der Waals surface area (Å²) >= 11 is 0. The summed E-state index contributed by atoms with van der Waals surface area (Å²) in [6.07, 6.45) is 0.639. The van der Waals surface area contributed by atoms with E-state index in [0.717, 1.165) is 16.9 Å². The molecule has 2 aromatic carbocycles. The molecule has 6 heteroatoms. The van der Waals surface area contributed by atoms with Crippen LogP contribution in [0.4, 0.5) is 0 Å². The average molecular weight is 346 g/mol. The molecule has 0 aliphatic rings. The highest BCUT2D eigenvalue weighted by Crippen LogP contribution is 2.18. The van der Waals surface area contributed by atoms with Crippen LogP contribution >= 0.6 is 12.4 Å². The van der Waals surface area contributed by atoms with Gasteiger partial charge in [0.1, 0.15) is 12.4 Å². The van der Waals surface area contributed by atoms with E-state index < -0.39 is 0 Å². The van der Waals surface area contributed by atoms with Gasteiger partial charge in [-0.3, -0.25) is 0 Å². The van der Waals surface area contributed by atoms with Gasteiger partial charge >= 0.3 is 0 Å². The van der Waals surface area contributed by atoms with Gasteiger partial charge < -0.3 is 15.0 Å². The van der Waals surface area contributed by atoms with Crippen molar-refractivity contribution in [3.63, 3.8) is 0 Å². The molecule has 3 aromatic rings. The predicted molar refractivity (Wildman–Crippen MR) is 94.1 cm³/mol. The van der Waals surface area contributed by atoms with E-state index in [0.29, 0.717) is 24.7 Å². The van der Waals surface area contributed by atoms with Crippen molar-refractivity contribution in [3.8, 4) is 5.75 Å². The topological polar surface area (TPSA) is 74.2 Å². The van der Waals surface area contributed by atoms with Gasteiger partial charge in [-0.15, -0.1) is 12.4 Å². The van der Waals surface area contributed by atoms with Crippen LogP contribution in [0.2, 0.25) is 0 Å². The largest absolute Gasteiger partial charge is 0.489 e. The lowest BCUT2D eigenvalue weighted by atomic mass is 10.1. The maximum Gasteiger partial charge on any atom is 0.243 e. The molecule has 0 aliphatic heterocycles. The van der Waals surface area contributed by atoms with Crippen LogP contribution in [0.3, 0.4) is 0 Å². The van der Waals surface area contributed by atoms with Gasteiger partial charge in [0.15, 0.2) is 5.82 Å². The fourth-order valence-electron chi connectivity index (χ4n) is 2.27. The molecule has 0 fully saturated rings. The van der Waals surface area contributed by atoms with Crippen LogP contribution in [-0.2, 0) is 13.0 Å². The molecular weight excluding hydrogens is 326 g/mol. The van der Waals surface area contributed by atoms with E-state index in [1.165, 1.54) is 0 Å². The molecule has 24 heavy (non-hydrogen) atoms. The minimum Gasteiger partial charge on any atom is -0.489 e. The number of nitrogens with two attached hydrogens (primary N) is 1. The molecule has 3 rings (SSSR count). The van der Waals surface area contributed by atoms with Crippen molar-refractivity contribution in [2.75, 3.05) is 0 Å². The Bertz CT molecular complexity index is 744. The third-order valence-electron chi connectivity index (χ3n) is 3.49. The Balaban J connectivity index is 0.00000208. The van der Waals surface area contributed by atoms with E-state index in [1.54, 1.807) is 6.92 Å². The van der Waals surface area contributed by atoms with Gasteiger partial charge in [0.25, 0.3) is 0 Å². The molecule has 0 bridgehead atoms. The molecule has 5 nitrogen and oxygen atoms in total. The fraction of sp³-hybridized carbons (Fsp3) is 0.222. The Morgan fingerprint density at radius 1 is 1.04 bits per heavy atom. The minimum absolute atomic E-state index is 0. The first kappa shape index (κ1) is 18.0. The van der Waals surface area contributed by atoms with Gasteiger partial charge in [0.2, 0.25) is 5.89 Å². The summed E-state index contributed by atoms with van der Waals surface area (Å²) < 4.78 is 10.9. The van der Waals surface area contributed by atoms with E-state index in [2.05, 4.69) is 10.1 Å². The second-order valence-electron chi connectivity index (χ2n) is 5.41. The maximum atomic E-state index is 6.09. The molecule has 126 valence electrons. The van der Waals surface area contributed by atoms with Gasteiger partial charge in [-0.25, -0.2) is 0 Å². The molecule has 0 spiro atoms. The molecule has 0 amide bonds. The lowest BCUT2D eigenvalue weighted by Gasteiger charge is -2.09. The van der Waals surface area contributed by atoms with Gasteiger partial charge in [0, 0.05) is 0 Å². The van der Waals surface area contributed by atoms with Crippen molar-refractivity contribution in [3.05, 3.63) is 77.4 Å². The van der Waals surface area contributed by atoms with E-state index in [4.69, 9.17) is 15.0 Å². The molecule has 0 saturated carbocycles. The number of nitrogens with zero attached hydrogens (tertiary/aromatic N) is 2. The van der Waals surface area contributed by atoms with Crippen LogP contribution in [0.25, 0.3) is 0 Å². The second-order valence-corrected chi connectivity index (χ2v) is 5.41. The van der Waals surface area contributed by atoms with Gasteiger partial charge in [-0.1, -0.05) is 47.6 Å². The van der Waals surface area contributed by atoms with E-state index >= 15 is 0 Å². The minimum atomic E-state index is -0.299. The fourth-order valence-corrected chi connectivity index (χ4v) is 2.27. The van der Waals surface area contributed by atoms with E-state index in [1.807, 2.05) is 54.6 Å². The number of aryl methyl sites for hydroxylation is 1. The zero-order valence-corrected chi connectivity index (χ0v) is 14.2. The second kappa shape index (κ2) is 8.47. The van der Waals surface area contributed by atoms with Crippen molar-refractivity contribution in [1.29, 1.82) is 0 Å². The van der Waals surface area contributed by atoms with Crippen molar-refractivity contribution >= 4 is 12.4 Å². The average Bonchev–Trinajstić information content (AvgIpc) is 3.02. The summed E-state index contributed by atoms with van der Waals surface area (Å²) in [5.41, 5.74) is 8.33. The zero-order chi connectivity index (χ0) is 16.1. The Morgan fingerprint density at radius 3 is 2.38 bits per heavy atom. The highest BCUT2D eigenvalue weighted by atomic mass is 35.5. The lowest BCUT2D eigenvalue weighted by molar-refractivity contribution is 0.306. The smallest absolute Gasteiger partial charge is 0.243 e. The quantitative estimate of drug-likeness (QED) is 0.738. The summed E-state index contributed by atoms with van der Waals surface area (Å²) in [5.74, 6) is 1.90. The number of ether oxygens (including phenoxy) is 1. The molecule has 0 saturated heterocycles. The van der Waals surface area contributed by atoms with E-state index in [-0.39, 0.29) is 18.4 Å². The zero-order valence-electron chi connectivity index (χ0n) is 13.4. The summed E-state index contributed by atoms with van der Waals surface area (Å²) in [5, 5.41) is 3.76. The van der Waals surface area contributed by atoms with Crippen LogP contribution in [-0.4, -0.2) is 10.1 Å². The highest BCUT2D eigenvalue weighted by Gasteiger charge is 2.14. The SMILES string of the molecule is Cc1noc(C(N)Cc2ccc(OCc3ccccc3)cc2)n1.Cl. The standard InChI is InChI=1S/C18H19N3O2.ClH/c1-13-20-18(23-21-13)17(19)11-14-7-9-16(10-8-14)22-12-15-5-3-2-4-6-15;/h2-10,17H,11-12,19H2,1H3;1H. The van der Waals surface area contributed by atoms with Crippen LogP contribution in [0, 0.1) is 6.92 Å². The summed E-state index contributed by atoms with van der Waals surface area (Å²) in [6.45, 7) is 2.33. The molecule has 1 atom stereocenters. The van der Waals surface area contributed by atoms with Gasteiger partial charge in [-0.2, -0.15) is 4.98 Å². The van der Waals surface area contributed by atoms with Crippen molar-refractivity contribution in [1.82, 2.24) is 10.1 Å². The summed E-state index contributed by atoms with van der Waals surface area (Å²) in [6, 6.07) is 17.7. The number of aromatic nitrogens is 2. The number of benzene rings is 2. The Hall–Kier alpha value is -2.37. The summed E-state index contributed by atoms with van der Waals surface area (Å²) in [4.78, 5) is 4.16. The van der Waals surface area contributed by atoms with E-state index in [9.17, 15) is 0 Å². The molecule has 1 unspecified atom stereocenters. The molecule has 0 aliphatic carbocycles. The maximum absolute atomic E-state index is 6.09. The lowest BCUT2D eigenvalue weighted by Crippen LogP contribution is -2.13. The van der Waals surface area contributed by atoms with Crippen LogP contribution in [0.15, 0.2) is 59.1 Å². The highest BCUT2D eigenvalue weighted by molar-refractivity contribution is 5.85. The first-order valence-corrected chi connectivity index (χ1v) is 7.52. The number of halogens is 1. The Labute approximate surface area is 147 Å². The van der Waals surface area contributed by atoms with Crippen molar-refractivity contribution in [2.24, 2.45) is 5.73 Å². The molecule has 0 radical (unpaired) electrons. The number of hydrogen-bond donors (Lipinski definition) is 1. The van der Waals surface area contributed by atoms with Gasteiger partial charge in [-0.05, 0) is 36.6 Å². The molecular formula is C18H20ClN3O2. The normalized spacial score (nSPS) is 11.6. The Kier molecular flexibility index (Phi) is 6.35. The molecule has 1 aromatic heterocycles. The number of rotatable bonds is 6.